The Bertz CT molecular complexity index is 233. The van der Waals surface area contributed by atoms with Crippen LogP contribution < -0.4 is 4.90 Å². The lowest BCUT2D eigenvalue weighted by Gasteiger charge is -2.14. The van der Waals surface area contributed by atoms with E-state index in [-0.39, 0.29) is 0 Å². The van der Waals surface area contributed by atoms with E-state index >= 15 is 0 Å². The first-order valence-electron chi connectivity index (χ1n) is 4.00. The van der Waals surface area contributed by atoms with Gasteiger partial charge in [0.25, 0.3) is 0 Å². The van der Waals surface area contributed by atoms with Gasteiger partial charge in [-0.05, 0) is 18.6 Å². The molecule has 0 unspecified atom stereocenters. The summed E-state index contributed by atoms with van der Waals surface area (Å²) in [5.41, 5.74) is 1.21. The Morgan fingerprint density at radius 2 is 2.25 bits per heavy atom. The van der Waals surface area contributed by atoms with E-state index in [9.17, 15) is 0 Å². The van der Waals surface area contributed by atoms with Gasteiger partial charge < -0.3 is 4.90 Å². The van der Waals surface area contributed by atoms with Gasteiger partial charge in [-0.3, -0.25) is 0 Å². The third kappa shape index (κ3) is 2.21. The summed E-state index contributed by atoms with van der Waals surface area (Å²) in [6.07, 6.45) is 1.90. The molecule has 2 nitrogen and oxygen atoms in total. The van der Waals surface area contributed by atoms with Crippen molar-refractivity contribution in [3.05, 3.63) is 23.9 Å². The van der Waals surface area contributed by atoms with Crippen molar-refractivity contribution < 1.29 is 0 Å². The number of anilines is 1. The third-order valence-corrected chi connectivity index (χ3v) is 2.48. The van der Waals surface area contributed by atoms with E-state index in [2.05, 4.69) is 38.8 Å². The number of nitrogens with zero attached hydrogens (tertiary/aromatic N) is 2. The van der Waals surface area contributed by atoms with E-state index in [1.54, 1.807) is 0 Å². The van der Waals surface area contributed by atoms with Crippen LogP contribution in [0.5, 0.6) is 0 Å². The van der Waals surface area contributed by atoms with E-state index in [0.29, 0.717) is 0 Å². The van der Waals surface area contributed by atoms with E-state index in [0.717, 1.165) is 17.7 Å². The predicted octanol–water partition coefficient (Wildman–Crippen LogP) is 2.43. The maximum Gasteiger partial charge on any atom is 0.128 e. The molecular weight excluding hydrogens is 216 g/mol. The zero-order chi connectivity index (χ0) is 8.97. The summed E-state index contributed by atoms with van der Waals surface area (Å²) < 4.78 is 0. The van der Waals surface area contributed by atoms with Crippen LogP contribution in [0.4, 0.5) is 5.82 Å². The Kier molecular flexibility index (Phi) is 3.53. The molecule has 12 heavy (non-hydrogen) atoms. The molecule has 0 radical (unpaired) electrons. The molecule has 0 bridgehead atoms. The first kappa shape index (κ1) is 9.52. The van der Waals surface area contributed by atoms with Gasteiger partial charge in [0.1, 0.15) is 5.82 Å². The standard InChI is InChI=1S/C9H13BrN2/c1-3-12(2)9-5-4-8(6-10)7-11-9/h4-5,7H,3,6H2,1-2H3. The predicted molar refractivity (Wildman–Crippen MR) is 55.8 cm³/mol. The summed E-state index contributed by atoms with van der Waals surface area (Å²) in [6.45, 7) is 3.10. The lowest BCUT2D eigenvalue weighted by atomic mass is 10.3. The van der Waals surface area contributed by atoms with E-state index in [1.807, 2.05) is 19.3 Å². The van der Waals surface area contributed by atoms with E-state index in [4.69, 9.17) is 0 Å². The molecular formula is C9H13BrN2. The largest absolute Gasteiger partial charge is 0.360 e. The van der Waals surface area contributed by atoms with Gasteiger partial charge in [0, 0.05) is 25.1 Å². The van der Waals surface area contributed by atoms with Crippen LogP contribution >= 0.6 is 15.9 Å². The van der Waals surface area contributed by atoms with E-state index in [1.165, 1.54) is 5.56 Å². The summed E-state index contributed by atoms with van der Waals surface area (Å²) in [6, 6.07) is 4.13. The Morgan fingerprint density at radius 1 is 1.50 bits per heavy atom. The number of aromatic nitrogens is 1. The van der Waals surface area contributed by atoms with Crippen molar-refractivity contribution in [2.75, 3.05) is 18.5 Å². The quantitative estimate of drug-likeness (QED) is 0.740. The molecule has 0 spiro atoms. The maximum absolute atomic E-state index is 4.32. The van der Waals surface area contributed by atoms with Gasteiger partial charge >= 0.3 is 0 Å². The molecule has 0 aliphatic carbocycles. The average molecular weight is 229 g/mol. The number of alkyl halides is 1. The highest BCUT2D eigenvalue weighted by Gasteiger charge is 1.98. The molecule has 0 atom stereocenters. The molecule has 0 amide bonds. The van der Waals surface area contributed by atoms with Gasteiger partial charge in [0.2, 0.25) is 0 Å². The summed E-state index contributed by atoms with van der Waals surface area (Å²) in [7, 11) is 2.04. The average Bonchev–Trinajstić information content (AvgIpc) is 2.17. The second kappa shape index (κ2) is 4.45. The molecule has 0 fully saturated rings. The first-order valence-corrected chi connectivity index (χ1v) is 5.12. The number of hydrogen-bond acceptors (Lipinski definition) is 2. The highest BCUT2D eigenvalue weighted by molar-refractivity contribution is 9.08. The fourth-order valence-electron chi connectivity index (χ4n) is 0.884. The molecule has 0 saturated heterocycles. The molecule has 0 aromatic carbocycles. The number of pyridine rings is 1. The smallest absolute Gasteiger partial charge is 0.128 e. The summed E-state index contributed by atoms with van der Waals surface area (Å²) >= 11 is 3.38. The Labute approximate surface area is 81.7 Å². The molecule has 3 heteroatoms. The van der Waals surface area contributed by atoms with Crippen LogP contribution in [0.3, 0.4) is 0 Å². The van der Waals surface area contributed by atoms with Crippen LogP contribution in [0.2, 0.25) is 0 Å². The summed E-state index contributed by atoms with van der Waals surface area (Å²) in [4.78, 5) is 6.43. The summed E-state index contributed by atoms with van der Waals surface area (Å²) in [5.74, 6) is 1.03. The van der Waals surface area contributed by atoms with Crippen LogP contribution in [0, 0.1) is 0 Å². The van der Waals surface area contributed by atoms with Crippen LogP contribution in [-0.4, -0.2) is 18.6 Å². The molecule has 1 aromatic rings. The fraction of sp³-hybridized carbons (Fsp3) is 0.444. The van der Waals surface area contributed by atoms with Gasteiger partial charge in [-0.1, -0.05) is 22.0 Å². The van der Waals surface area contributed by atoms with Crippen molar-refractivity contribution in [2.24, 2.45) is 0 Å². The van der Waals surface area contributed by atoms with Crippen molar-refractivity contribution in [1.82, 2.24) is 4.98 Å². The van der Waals surface area contributed by atoms with Crippen molar-refractivity contribution in [3.8, 4) is 0 Å². The Morgan fingerprint density at radius 3 is 2.67 bits per heavy atom. The van der Waals surface area contributed by atoms with Crippen molar-refractivity contribution in [3.63, 3.8) is 0 Å². The highest BCUT2D eigenvalue weighted by atomic mass is 79.9. The zero-order valence-corrected chi connectivity index (χ0v) is 9.00. The van der Waals surface area contributed by atoms with Gasteiger partial charge in [0.15, 0.2) is 0 Å². The monoisotopic (exact) mass is 228 g/mol. The molecule has 66 valence electrons. The molecule has 0 saturated carbocycles. The Balaban J connectivity index is 2.77. The lowest BCUT2D eigenvalue weighted by molar-refractivity contribution is 0.936. The second-order valence-corrected chi connectivity index (χ2v) is 3.23. The maximum atomic E-state index is 4.32. The molecule has 1 heterocycles. The minimum atomic E-state index is 0.871. The van der Waals surface area contributed by atoms with Crippen LogP contribution in [0.25, 0.3) is 0 Å². The minimum Gasteiger partial charge on any atom is -0.360 e. The van der Waals surface area contributed by atoms with Crippen molar-refractivity contribution in [2.45, 2.75) is 12.3 Å². The molecule has 1 aromatic heterocycles. The van der Waals surface area contributed by atoms with Crippen LogP contribution in [-0.2, 0) is 5.33 Å². The van der Waals surface area contributed by atoms with Gasteiger partial charge in [0.05, 0.1) is 0 Å². The van der Waals surface area contributed by atoms with Crippen LogP contribution in [0.1, 0.15) is 12.5 Å². The third-order valence-electron chi connectivity index (χ3n) is 1.83. The van der Waals surface area contributed by atoms with Gasteiger partial charge in [-0.25, -0.2) is 4.98 Å². The lowest BCUT2D eigenvalue weighted by Crippen LogP contribution is -2.16. The molecule has 0 aliphatic heterocycles. The second-order valence-electron chi connectivity index (χ2n) is 2.67. The summed E-state index contributed by atoms with van der Waals surface area (Å²) in [5, 5.41) is 0.871. The topological polar surface area (TPSA) is 16.1 Å². The fourth-order valence-corrected chi connectivity index (χ4v) is 1.22. The van der Waals surface area contributed by atoms with Crippen LogP contribution in [0.15, 0.2) is 18.3 Å². The minimum absolute atomic E-state index is 0.871. The van der Waals surface area contributed by atoms with Crippen molar-refractivity contribution >= 4 is 21.7 Å². The van der Waals surface area contributed by atoms with Gasteiger partial charge in [-0.2, -0.15) is 0 Å². The first-order chi connectivity index (χ1) is 5.77. The Hall–Kier alpha value is -0.570. The van der Waals surface area contributed by atoms with Gasteiger partial charge in [-0.15, -0.1) is 0 Å². The van der Waals surface area contributed by atoms with E-state index < -0.39 is 0 Å². The number of halogens is 1. The number of hydrogen-bond donors (Lipinski definition) is 0. The SMILES string of the molecule is CCN(C)c1ccc(CBr)cn1. The normalized spacial score (nSPS) is 9.92. The molecule has 1 rings (SSSR count). The molecule has 0 N–H and O–H groups in total. The van der Waals surface area contributed by atoms with Crippen molar-refractivity contribution in [1.29, 1.82) is 0 Å². The molecule has 0 aliphatic rings. The highest BCUT2D eigenvalue weighted by Crippen LogP contribution is 2.10. The number of rotatable bonds is 3. The zero-order valence-electron chi connectivity index (χ0n) is 7.42.